The summed E-state index contributed by atoms with van der Waals surface area (Å²) >= 11 is 0. The molecule has 1 aromatic heterocycles. The van der Waals surface area contributed by atoms with Gasteiger partial charge in [-0.25, -0.2) is 4.98 Å². The number of aromatic nitrogens is 3. The van der Waals surface area contributed by atoms with Crippen LogP contribution in [0.3, 0.4) is 0 Å². The number of aromatic amines is 1. The molecule has 0 bridgehead atoms. The highest BCUT2D eigenvalue weighted by Crippen LogP contribution is 2.09. The van der Waals surface area contributed by atoms with Crippen LogP contribution < -0.4 is 5.32 Å². The van der Waals surface area contributed by atoms with E-state index < -0.39 is 6.10 Å². The zero-order valence-corrected chi connectivity index (χ0v) is 8.34. The summed E-state index contributed by atoms with van der Waals surface area (Å²) in [6.45, 7) is 1.11. The van der Waals surface area contributed by atoms with Gasteiger partial charge in [0.1, 0.15) is 6.33 Å². The molecule has 0 unspecified atom stereocenters. The standard InChI is InChI=1S/C8H13N5O2/c1-13(5-2-9-3-6(5)14)8(15)7-10-4-11-12-7/h4-6,9,14H,2-3H2,1H3,(H,10,11,12)/t5-,6-/m0/s1. The average Bonchev–Trinajstić information content (AvgIpc) is 2.85. The second kappa shape index (κ2) is 3.95. The van der Waals surface area contributed by atoms with Gasteiger partial charge in [0.25, 0.3) is 5.91 Å². The summed E-state index contributed by atoms with van der Waals surface area (Å²) in [6, 6.07) is -0.206. The van der Waals surface area contributed by atoms with Gasteiger partial charge in [-0.3, -0.25) is 9.89 Å². The fraction of sp³-hybridized carbons (Fsp3) is 0.625. The van der Waals surface area contributed by atoms with Crippen LogP contribution in [0.25, 0.3) is 0 Å². The lowest BCUT2D eigenvalue weighted by molar-refractivity contribution is 0.0570. The highest BCUT2D eigenvalue weighted by Gasteiger charge is 2.32. The number of rotatable bonds is 2. The van der Waals surface area contributed by atoms with E-state index in [0.717, 1.165) is 0 Å². The summed E-state index contributed by atoms with van der Waals surface area (Å²) in [5.41, 5.74) is 0. The van der Waals surface area contributed by atoms with E-state index in [4.69, 9.17) is 0 Å². The molecule has 7 nitrogen and oxygen atoms in total. The van der Waals surface area contributed by atoms with Crippen molar-refractivity contribution < 1.29 is 9.90 Å². The Balaban J connectivity index is 2.07. The second-order valence-corrected chi connectivity index (χ2v) is 3.54. The molecule has 1 aromatic rings. The molecular weight excluding hydrogens is 198 g/mol. The van der Waals surface area contributed by atoms with Crippen LogP contribution in [0.15, 0.2) is 6.33 Å². The topological polar surface area (TPSA) is 94.1 Å². The quantitative estimate of drug-likeness (QED) is 0.537. The molecule has 2 rings (SSSR count). The Kier molecular flexibility index (Phi) is 2.65. The zero-order valence-electron chi connectivity index (χ0n) is 8.34. The van der Waals surface area contributed by atoms with Crippen molar-refractivity contribution in [3.8, 4) is 0 Å². The SMILES string of the molecule is CN(C(=O)c1ncn[nH]1)[C@H]1CNC[C@@H]1O. The molecule has 1 aliphatic heterocycles. The number of amides is 1. The number of carbonyl (C=O) groups excluding carboxylic acids is 1. The van der Waals surface area contributed by atoms with Crippen LogP contribution in [0.5, 0.6) is 0 Å². The second-order valence-electron chi connectivity index (χ2n) is 3.54. The number of nitrogens with one attached hydrogen (secondary N) is 2. The van der Waals surface area contributed by atoms with Crippen LogP contribution in [-0.2, 0) is 0 Å². The lowest BCUT2D eigenvalue weighted by Gasteiger charge is -2.25. The Bertz CT molecular complexity index is 339. The number of aliphatic hydroxyl groups is 1. The maximum Gasteiger partial charge on any atom is 0.291 e. The number of likely N-dealkylation sites (N-methyl/N-ethyl adjacent to an activating group) is 1. The van der Waals surface area contributed by atoms with Crippen LogP contribution in [0, 0.1) is 0 Å². The number of nitrogens with zero attached hydrogens (tertiary/aromatic N) is 3. The van der Waals surface area contributed by atoms with Crippen LogP contribution in [0.4, 0.5) is 0 Å². The fourth-order valence-electron chi connectivity index (χ4n) is 1.67. The number of hydrogen-bond donors (Lipinski definition) is 3. The minimum absolute atomic E-state index is 0.191. The summed E-state index contributed by atoms with van der Waals surface area (Å²) < 4.78 is 0. The van der Waals surface area contributed by atoms with Gasteiger partial charge in [-0.15, -0.1) is 0 Å². The lowest BCUT2D eigenvalue weighted by atomic mass is 10.2. The number of hydrogen-bond acceptors (Lipinski definition) is 5. The molecule has 1 aliphatic rings. The molecule has 1 amide bonds. The zero-order chi connectivity index (χ0) is 10.8. The van der Waals surface area contributed by atoms with Crippen molar-refractivity contribution >= 4 is 5.91 Å². The Morgan fingerprint density at radius 3 is 3.00 bits per heavy atom. The smallest absolute Gasteiger partial charge is 0.291 e. The summed E-state index contributed by atoms with van der Waals surface area (Å²) in [6.07, 6.45) is 0.756. The third-order valence-electron chi connectivity index (χ3n) is 2.59. The molecule has 7 heteroatoms. The van der Waals surface area contributed by atoms with E-state index in [1.165, 1.54) is 11.2 Å². The van der Waals surface area contributed by atoms with Gasteiger partial charge in [0.05, 0.1) is 12.1 Å². The first-order valence-corrected chi connectivity index (χ1v) is 4.71. The molecular formula is C8H13N5O2. The largest absolute Gasteiger partial charge is 0.390 e. The Morgan fingerprint density at radius 1 is 1.67 bits per heavy atom. The van der Waals surface area contributed by atoms with Crippen LogP contribution >= 0.6 is 0 Å². The first-order valence-electron chi connectivity index (χ1n) is 4.71. The number of β-amino-alcohol motifs (C(OH)–C–C–N with tert-alkyl or cyclic N) is 1. The number of H-pyrrole nitrogens is 1. The third-order valence-corrected chi connectivity index (χ3v) is 2.59. The summed E-state index contributed by atoms with van der Waals surface area (Å²) in [4.78, 5) is 17.0. The number of aliphatic hydroxyl groups excluding tert-OH is 1. The molecule has 2 atom stereocenters. The van der Waals surface area contributed by atoms with Gasteiger partial charge in [-0.05, 0) is 0 Å². The highest BCUT2D eigenvalue weighted by atomic mass is 16.3. The van der Waals surface area contributed by atoms with Crippen LogP contribution in [0.2, 0.25) is 0 Å². The first kappa shape index (κ1) is 10.1. The molecule has 1 saturated heterocycles. The van der Waals surface area contributed by atoms with Gasteiger partial charge in [0.2, 0.25) is 5.82 Å². The van der Waals surface area contributed by atoms with Crippen molar-refractivity contribution in [1.82, 2.24) is 25.4 Å². The van der Waals surface area contributed by atoms with E-state index in [-0.39, 0.29) is 17.8 Å². The maximum absolute atomic E-state index is 11.8. The molecule has 15 heavy (non-hydrogen) atoms. The molecule has 82 valence electrons. The van der Waals surface area contributed by atoms with Crippen molar-refractivity contribution in [2.24, 2.45) is 0 Å². The third kappa shape index (κ3) is 1.83. The Morgan fingerprint density at radius 2 is 2.47 bits per heavy atom. The molecule has 0 aliphatic carbocycles. The van der Waals surface area contributed by atoms with Gasteiger partial charge in [-0.2, -0.15) is 5.10 Å². The Hall–Kier alpha value is -1.47. The molecule has 0 aromatic carbocycles. The normalized spacial score (nSPS) is 25.5. The molecule has 2 heterocycles. The maximum atomic E-state index is 11.8. The summed E-state index contributed by atoms with van der Waals surface area (Å²) in [7, 11) is 1.64. The van der Waals surface area contributed by atoms with Gasteiger partial charge in [0.15, 0.2) is 0 Å². The van der Waals surface area contributed by atoms with Crippen molar-refractivity contribution in [3.63, 3.8) is 0 Å². The molecule has 0 radical (unpaired) electrons. The van der Waals surface area contributed by atoms with E-state index in [0.29, 0.717) is 13.1 Å². The minimum atomic E-state index is -0.526. The van der Waals surface area contributed by atoms with E-state index in [9.17, 15) is 9.90 Å². The predicted octanol–water partition coefficient (Wildman–Crippen LogP) is -1.79. The van der Waals surface area contributed by atoms with Gasteiger partial charge in [-0.1, -0.05) is 0 Å². The lowest BCUT2D eigenvalue weighted by Crippen LogP contribution is -2.44. The van der Waals surface area contributed by atoms with Crippen LogP contribution in [0.1, 0.15) is 10.6 Å². The minimum Gasteiger partial charge on any atom is -0.390 e. The predicted molar refractivity (Wildman–Crippen MR) is 51.1 cm³/mol. The van der Waals surface area contributed by atoms with Crippen molar-refractivity contribution in [2.45, 2.75) is 12.1 Å². The monoisotopic (exact) mass is 211 g/mol. The van der Waals surface area contributed by atoms with Crippen molar-refractivity contribution in [1.29, 1.82) is 0 Å². The summed E-state index contributed by atoms with van der Waals surface area (Å²) in [5.74, 6) is -0.0724. The van der Waals surface area contributed by atoms with Crippen molar-refractivity contribution in [3.05, 3.63) is 12.2 Å². The van der Waals surface area contributed by atoms with E-state index in [1.807, 2.05) is 0 Å². The molecule has 0 saturated carbocycles. The van der Waals surface area contributed by atoms with E-state index in [2.05, 4.69) is 20.5 Å². The van der Waals surface area contributed by atoms with Crippen molar-refractivity contribution in [2.75, 3.05) is 20.1 Å². The van der Waals surface area contributed by atoms with Crippen LogP contribution in [-0.4, -0.2) is 63.4 Å². The van der Waals surface area contributed by atoms with Gasteiger partial charge >= 0.3 is 0 Å². The van der Waals surface area contributed by atoms with E-state index >= 15 is 0 Å². The number of carbonyl (C=O) groups is 1. The van der Waals surface area contributed by atoms with Gasteiger partial charge < -0.3 is 15.3 Å². The fourth-order valence-corrected chi connectivity index (χ4v) is 1.67. The average molecular weight is 211 g/mol. The van der Waals surface area contributed by atoms with E-state index in [1.54, 1.807) is 7.05 Å². The first-order chi connectivity index (χ1) is 7.20. The molecule has 0 spiro atoms. The molecule has 1 fully saturated rings. The van der Waals surface area contributed by atoms with Gasteiger partial charge in [0, 0.05) is 20.1 Å². The highest BCUT2D eigenvalue weighted by molar-refractivity contribution is 5.90. The molecule has 3 N–H and O–H groups in total. The summed E-state index contributed by atoms with van der Waals surface area (Å²) in [5, 5.41) is 18.7. The Labute approximate surface area is 86.5 Å².